The van der Waals surface area contributed by atoms with E-state index < -0.39 is 8.07 Å². The summed E-state index contributed by atoms with van der Waals surface area (Å²) in [6.45, 7) is 4.90. The van der Waals surface area contributed by atoms with E-state index in [9.17, 15) is 0 Å². The molecule has 1 aliphatic rings. The van der Waals surface area contributed by atoms with Crippen molar-refractivity contribution in [1.82, 2.24) is 0 Å². The van der Waals surface area contributed by atoms with Crippen molar-refractivity contribution < 1.29 is 4.42 Å². The Balaban J connectivity index is 1.28. The average molecular weight is 585 g/mol. The molecule has 0 saturated carbocycles. The molecule has 0 fully saturated rings. The molecule has 0 bridgehead atoms. The lowest BCUT2D eigenvalue weighted by atomic mass is 10.1. The van der Waals surface area contributed by atoms with E-state index in [1.54, 1.807) is 0 Å². The van der Waals surface area contributed by atoms with Gasteiger partial charge in [0.05, 0.1) is 0 Å². The van der Waals surface area contributed by atoms with Gasteiger partial charge in [-0.15, -0.1) is 0 Å². The van der Waals surface area contributed by atoms with Gasteiger partial charge < -0.3 is 14.2 Å². The van der Waals surface area contributed by atoms with E-state index in [0.29, 0.717) is 0 Å². The third-order valence-electron chi connectivity index (χ3n) is 8.79. The van der Waals surface area contributed by atoms with Crippen molar-refractivity contribution in [3.63, 3.8) is 0 Å². The van der Waals surface area contributed by atoms with Gasteiger partial charge in [-0.3, -0.25) is 0 Å². The molecule has 1 aliphatic heterocycles. The summed E-state index contributed by atoms with van der Waals surface area (Å²) in [7, 11) is -2.01. The van der Waals surface area contributed by atoms with Crippen LogP contribution in [0.4, 0.5) is 34.1 Å². The van der Waals surface area contributed by atoms with E-state index in [1.165, 1.54) is 21.3 Å². The van der Waals surface area contributed by atoms with Gasteiger partial charge in [0.2, 0.25) is 0 Å². The molecule has 2 heterocycles. The van der Waals surface area contributed by atoms with Crippen LogP contribution in [0.3, 0.4) is 0 Å². The van der Waals surface area contributed by atoms with Gasteiger partial charge in [0, 0.05) is 51.1 Å². The second-order valence-corrected chi connectivity index (χ2v) is 16.1. The number of para-hydroxylation sites is 4. The lowest BCUT2D eigenvalue weighted by Crippen LogP contribution is -2.49. The molecular formula is C40H32N2OSi. The van der Waals surface area contributed by atoms with Crippen molar-refractivity contribution in [1.29, 1.82) is 0 Å². The Morgan fingerprint density at radius 2 is 0.886 bits per heavy atom. The summed E-state index contributed by atoms with van der Waals surface area (Å²) in [5, 5.41) is 4.04. The number of benzene rings is 6. The van der Waals surface area contributed by atoms with E-state index in [4.69, 9.17) is 4.42 Å². The lowest BCUT2D eigenvalue weighted by molar-refractivity contribution is 0.635. The maximum Gasteiger partial charge on any atom is 0.136 e. The monoisotopic (exact) mass is 584 g/mol. The number of furan rings is 1. The molecule has 0 saturated heterocycles. The number of nitrogens with zero attached hydrogens (tertiary/aromatic N) is 2. The van der Waals surface area contributed by atoms with Gasteiger partial charge >= 0.3 is 0 Å². The Morgan fingerprint density at radius 3 is 1.36 bits per heavy atom. The number of anilines is 6. The summed E-state index contributed by atoms with van der Waals surface area (Å²) in [4.78, 5) is 4.62. The fraction of sp³-hybridized carbons (Fsp3) is 0.0500. The zero-order chi connectivity index (χ0) is 29.7. The molecule has 1 aromatic heterocycles. The van der Waals surface area contributed by atoms with Gasteiger partial charge in [-0.2, -0.15) is 0 Å². The third-order valence-corrected chi connectivity index (χ3v) is 12.3. The van der Waals surface area contributed by atoms with Crippen molar-refractivity contribution in [2.75, 3.05) is 9.80 Å². The maximum absolute atomic E-state index is 6.87. The van der Waals surface area contributed by atoms with Crippen LogP contribution in [0, 0.1) is 0 Å². The molecule has 0 aliphatic carbocycles. The van der Waals surface area contributed by atoms with Gasteiger partial charge in [-0.1, -0.05) is 92.0 Å². The van der Waals surface area contributed by atoms with Crippen molar-refractivity contribution in [3.05, 3.63) is 158 Å². The van der Waals surface area contributed by atoms with Crippen LogP contribution in [-0.2, 0) is 0 Å². The first kappa shape index (κ1) is 26.3. The smallest absolute Gasteiger partial charge is 0.136 e. The van der Waals surface area contributed by atoms with Gasteiger partial charge in [0.1, 0.15) is 19.4 Å². The normalized spacial score (nSPS) is 13.0. The molecule has 0 spiro atoms. The number of rotatable bonds is 6. The highest BCUT2D eigenvalue weighted by atomic mass is 28.3. The molecule has 8 rings (SSSR count). The molecule has 4 heteroatoms. The summed E-state index contributed by atoms with van der Waals surface area (Å²) >= 11 is 0. The summed E-state index contributed by atoms with van der Waals surface area (Å²) in [6.07, 6.45) is 0. The predicted octanol–water partition coefficient (Wildman–Crippen LogP) is 10.2. The Labute approximate surface area is 259 Å². The van der Waals surface area contributed by atoms with E-state index in [1.807, 2.05) is 0 Å². The molecule has 0 amide bonds. The Kier molecular flexibility index (Phi) is 6.24. The maximum atomic E-state index is 6.87. The molecule has 7 aromatic rings. The van der Waals surface area contributed by atoms with Crippen molar-refractivity contribution in [3.8, 4) is 11.3 Å². The van der Waals surface area contributed by atoms with Crippen molar-refractivity contribution >= 4 is 63.5 Å². The molecule has 0 unspecified atom stereocenters. The van der Waals surface area contributed by atoms with E-state index in [0.717, 1.165) is 45.5 Å². The average Bonchev–Trinajstić information content (AvgIpc) is 3.56. The van der Waals surface area contributed by atoms with Crippen LogP contribution in [0.25, 0.3) is 22.3 Å². The third kappa shape index (κ3) is 4.26. The zero-order valence-electron chi connectivity index (χ0n) is 24.8. The SMILES string of the molecule is C[Si]1(C)c2ccc(N(c3ccccc3)c3ccccc3)cc2-c2oc3cc(N(c4ccccc4)c4ccccc4)ccc3c21. The lowest BCUT2D eigenvalue weighted by Gasteiger charge is -2.27. The largest absolute Gasteiger partial charge is 0.456 e. The fourth-order valence-electron chi connectivity index (χ4n) is 6.78. The molecule has 212 valence electrons. The van der Waals surface area contributed by atoms with Gasteiger partial charge in [-0.25, -0.2) is 0 Å². The molecule has 0 N–H and O–H groups in total. The first-order valence-electron chi connectivity index (χ1n) is 15.1. The van der Waals surface area contributed by atoms with Crippen LogP contribution >= 0.6 is 0 Å². The van der Waals surface area contributed by atoms with Gasteiger partial charge in [-0.05, 0) is 83.2 Å². The first-order valence-corrected chi connectivity index (χ1v) is 18.1. The topological polar surface area (TPSA) is 19.6 Å². The Bertz CT molecular complexity index is 2010. The van der Waals surface area contributed by atoms with Gasteiger partial charge in [0.25, 0.3) is 0 Å². The minimum atomic E-state index is -2.01. The van der Waals surface area contributed by atoms with Crippen LogP contribution in [0.2, 0.25) is 13.1 Å². The number of hydrogen-bond donors (Lipinski definition) is 0. The fourth-order valence-corrected chi connectivity index (χ4v) is 10.0. The quantitative estimate of drug-likeness (QED) is 0.181. The van der Waals surface area contributed by atoms with Crippen LogP contribution < -0.4 is 20.2 Å². The molecule has 44 heavy (non-hydrogen) atoms. The Hall–Kier alpha value is -5.32. The minimum Gasteiger partial charge on any atom is -0.456 e. The van der Waals surface area contributed by atoms with Crippen LogP contribution in [-0.4, -0.2) is 8.07 Å². The summed E-state index contributed by atoms with van der Waals surface area (Å²) in [6, 6.07) is 55.9. The second kappa shape index (κ2) is 10.4. The number of hydrogen-bond acceptors (Lipinski definition) is 3. The summed E-state index contributed by atoms with van der Waals surface area (Å²) in [5.74, 6) is 1.03. The van der Waals surface area contributed by atoms with E-state index in [2.05, 4.69) is 181 Å². The summed E-state index contributed by atoms with van der Waals surface area (Å²) in [5.41, 5.74) is 8.84. The zero-order valence-corrected chi connectivity index (χ0v) is 25.8. The molecule has 3 nitrogen and oxygen atoms in total. The van der Waals surface area contributed by atoms with Crippen LogP contribution in [0.5, 0.6) is 0 Å². The second-order valence-electron chi connectivity index (χ2n) is 11.9. The van der Waals surface area contributed by atoms with Crippen molar-refractivity contribution in [2.24, 2.45) is 0 Å². The molecule has 0 atom stereocenters. The highest BCUT2D eigenvalue weighted by molar-refractivity contribution is 7.05. The molecular weight excluding hydrogens is 553 g/mol. The highest BCUT2D eigenvalue weighted by Crippen LogP contribution is 2.42. The van der Waals surface area contributed by atoms with E-state index in [-0.39, 0.29) is 0 Å². The standard InChI is InChI=1S/C40H32N2OSi/c1-44(2)38-26-24-33(41(29-15-7-3-8-16-29)30-17-9-4-10-18-30)27-36(38)39-40(44)35-25-23-34(28-37(35)43-39)42(31-19-11-5-12-20-31)32-21-13-6-14-22-32/h3-28H,1-2H3. The molecule has 0 radical (unpaired) electrons. The van der Waals surface area contributed by atoms with Gasteiger partial charge in [0.15, 0.2) is 0 Å². The highest BCUT2D eigenvalue weighted by Gasteiger charge is 2.42. The predicted molar refractivity (Wildman–Crippen MR) is 188 cm³/mol. The summed E-state index contributed by atoms with van der Waals surface area (Å²) < 4.78 is 6.87. The van der Waals surface area contributed by atoms with E-state index >= 15 is 0 Å². The van der Waals surface area contributed by atoms with Crippen LogP contribution in [0.1, 0.15) is 0 Å². The van der Waals surface area contributed by atoms with Crippen molar-refractivity contribution in [2.45, 2.75) is 13.1 Å². The van der Waals surface area contributed by atoms with Crippen LogP contribution in [0.15, 0.2) is 162 Å². The number of fused-ring (bicyclic) bond motifs is 5. The minimum absolute atomic E-state index is 0.934. The molecule has 6 aromatic carbocycles. The Morgan fingerprint density at radius 1 is 0.455 bits per heavy atom. The first-order chi connectivity index (χ1) is 21.6.